The van der Waals surface area contributed by atoms with Crippen LogP contribution in [0.1, 0.15) is 21.7 Å². The monoisotopic (exact) mass is 452 g/mol. The average Bonchev–Trinajstić information content (AvgIpc) is 3.19. The lowest BCUT2D eigenvalue weighted by atomic mass is 10.1. The van der Waals surface area contributed by atoms with E-state index in [1.54, 1.807) is 19.1 Å². The van der Waals surface area contributed by atoms with Gasteiger partial charge in [-0.25, -0.2) is 12.7 Å². The van der Waals surface area contributed by atoms with E-state index in [1.165, 1.54) is 44.4 Å². The van der Waals surface area contributed by atoms with Crippen LogP contribution in [-0.2, 0) is 16.2 Å². The van der Waals surface area contributed by atoms with Crippen LogP contribution in [0.2, 0.25) is 0 Å². The fourth-order valence-electron chi connectivity index (χ4n) is 2.81. The number of nitrogens with one attached hydrogen (secondary N) is 1. The maximum Gasteiger partial charge on any atom is 0.416 e. The van der Waals surface area contributed by atoms with Crippen molar-refractivity contribution < 1.29 is 30.8 Å². The Balaban J connectivity index is 1.85. The maximum absolute atomic E-state index is 12.9. The molecule has 1 aromatic heterocycles. The minimum absolute atomic E-state index is 0.0411. The van der Waals surface area contributed by atoms with E-state index in [0.717, 1.165) is 16.4 Å². The Morgan fingerprint density at radius 3 is 2.39 bits per heavy atom. The van der Waals surface area contributed by atoms with Gasteiger partial charge in [-0.15, -0.1) is 0 Å². The minimum atomic E-state index is -4.50. The van der Waals surface area contributed by atoms with E-state index in [-0.39, 0.29) is 27.7 Å². The standard InChI is InChI=1S/C21H19F3N2O4S/c1-13-7-8-16(12-19(13)31(28,29)26(2)3)25-20(27)18-10-9-17(30-18)14-5-4-6-15(11-14)21(22,23)24/h4-12H,1-3H3,(H,25,27). The number of nitrogens with zero attached hydrogens (tertiary/aromatic N) is 1. The third-order valence-electron chi connectivity index (χ3n) is 4.51. The van der Waals surface area contributed by atoms with Gasteiger partial charge >= 0.3 is 6.18 Å². The normalized spacial score (nSPS) is 12.2. The van der Waals surface area contributed by atoms with Gasteiger partial charge in [0.2, 0.25) is 10.0 Å². The molecule has 0 aliphatic carbocycles. The first-order valence-electron chi connectivity index (χ1n) is 9.01. The molecule has 0 radical (unpaired) electrons. The van der Waals surface area contributed by atoms with Gasteiger partial charge in [-0.2, -0.15) is 13.2 Å². The molecule has 164 valence electrons. The Hall–Kier alpha value is -3.11. The van der Waals surface area contributed by atoms with Crippen LogP contribution >= 0.6 is 0 Å². The Bertz CT molecular complexity index is 1230. The molecule has 0 saturated heterocycles. The second-order valence-corrected chi connectivity index (χ2v) is 9.08. The predicted octanol–water partition coefficient (Wildman–Crippen LogP) is 4.78. The summed E-state index contributed by atoms with van der Waals surface area (Å²) in [6.45, 7) is 1.63. The van der Waals surface area contributed by atoms with Gasteiger partial charge in [0.15, 0.2) is 5.76 Å². The van der Waals surface area contributed by atoms with E-state index in [1.807, 2.05) is 0 Å². The lowest BCUT2D eigenvalue weighted by molar-refractivity contribution is -0.137. The molecular formula is C21H19F3N2O4S. The Kier molecular flexibility index (Phi) is 5.97. The zero-order chi connectivity index (χ0) is 23.0. The van der Waals surface area contributed by atoms with Crippen molar-refractivity contribution in [1.82, 2.24) is 4.31 Å². The van der Waals surface area contributed by atoms with Crippen LogP contribution < -0.4 is 5.32 Å². The molecule has 3 aromatic rings. The number of anilines is 1. The zero-order valence-electron chi connectivity index (χ0n) is 16.8. The van der Waals surface area contributed by atoms with Crippen LogP contribution in [-0.4, -0.2) is 32.7 Å². The van der Waals surface area contributed by atoms with Crippen LogP contribution in [0.3, 0.4) is 0 Å². The Morgan fingerprint density at radius 1 is 1.03 bits per heavy atom. The molecule has 0 aliphatic rings. The summed E-state index contributed by atoms with van der Waals surface area (Å²) in [6.07, 6.45) is -4.50. The van der Waals surface area contributed by atoms with Crippen molar-refractivity contribution in [2.75, 3.05) is 19.4 Å². The van der Waals surface area contributed by atoms with Crippen LogP contribution in [0.5, 0.6) is 0 Å². The van der Waals surface area contributed by atoms with Gasteiger partial charge in [0.1, 0.15) is 5.76 Å². The number of rotatable bonds is 5. The number of hydrogen-bond acceptors (Lipinski definition) is 4. The number of carbonyl (C=O) groups excluding carboxylic acids is 1. The third kappa shape index (κ3) is 4.80. The quantitative estimate of drug-likeness (QED) is 0.605. The maximum atomic E-state index is 12.9. The summed E-state index contributed by atoms with van der Waals surface area (Å²) in [5, 5.41) is 2.54. The molecule has 1 amide bonds. The summed E-state index contributed by atoms with van der Waals surface area (Å²) >= 11 is 0. The molecule has 0 fully saturated rings. The second kappa shape index (κ2) is 8.20. The molecule has 0 bridgehead atoms. The van der Waals surface area contributed by atoms with Crippen molar-refractivity contribution in [3.8, 4) is 11.3 Å². The molecule has 2 aromatic carbocycles. The van der Waals surface area contributed by atoms with Gasteiger partial charge in [-0.3, -0.25) is 4.79 Å². The third-order valence-corrected chi connectivity index (χ3v) is 6.47. The molecule has 6 nitrogen and oxygen atoms in total. The first kappa shape index (κ1) is 22.6. The van der Waals surface area contributed by atoms with Crippen molar-refractivity contribution in [1.29, 1.82) is 0 Å². The van der Waals surface area contributed by atoms with Crippen molar-refractivity contribution in [3.63, 3.8) is 0 Å². The number of benzene rings is 2. The number of hydrogen-bond donors (Lipinski definition) is 1. The summed E-state index contributed by atoms with van der Waals surface area (Å²) in [7, 11) is -0.910. The number of aryl methyl sites for hydroxylation is 1. The lowest BCUT2D eigenvalue weighted by Gasteiger charge is -2.15. The fourth-order valence-corrected chi connectivity index (χ4v) is 3.95. The second-order valence-electron chi connectivity index (χ2n) is 6.96. The highest BCUT2D eigenvalue weighted by Gasteiger charge is 2.30. The van der Waals surface area contributed by atoms with E-state index >= 15 is 0 Å². The number of halogens is 3. The number of furan rings is 1. The first-order valence-corrected chi connectivity index (χ1v) is 10.5. The van der Waals surface area contributed by atoms with Crippen LogP contribution in [0.25, 0.3) is 11.3 Å². The summed E-state index contributed by atoms with van der Waals surface area (Å²) < 4.78 is 70.1. The van der Waals surface area contributed by atoms with Gasteiger partial charge in [0.05, 0.1) is 10.5 Å². The molecule has 31 heavy (non-hydrogen) atoms. The predicted molar refractivity (Wildman–Crippen MR) is 109 cm³/mol. The van der Waals surface area contributed by atoms with E-state index in [2.05, 4.69) is 5.32 Å². The summed E-state index contributed by atoms with van der Waals surface area (Å²) in [5.41, 5.74) is 0.0786. The molecular weight excluding hydrogens is 433 g/mol. The molecule has 0 atom stereocenters. The topological polar surface area (TPSA) is 79.6 Å². The largest absolute Gasteiger partial charge is 0.451 e. The molecule has 0 unspecified atom stereocenters. The highest BCUT2D eigenvalue weighted by Crippen LogP contribution is 2.33. The summed E-state index contributed by atoms with van der Waals surface area (Å²) in [6, 6.07) is 11.7. The summed E-state index contributed by atoms with van der Waals surface area (Å²) in [5.74, 6) is -0.712. The van der Waals surface area contributed by atoms with Gasteiger partial charge in [-0.1, -0.05) is 18.2 Å². The number of sulfonamides is 1. The van der Waals surface area contributed by atoms with Gasteiger partial charge in [0, 0.05) is 25.3 Å². The molecule has 0 aliphatic heterocycles. The Labute approximate surface area is 177 Å². The smallest absolute Gasteiger partial charge is 0.416 e. The van der Waals surface area contributed by atoms with Gasteiger partial charge in [-0.05, 0) is 48.9 Å². The zero-order valence-corrected chi connectivity index (χ0v) is 17.6. The van der Waals surface area contributed by atoms with Crippen molar-refractivity contribution in [2.45, 2.75) is 18.0 Å². The molecule has 10 heteroatoms. The average molecular weight is 452 g/mol. The van der Waals surface area contributed by atoms with Crippen molar-refractivity contribution in [3.05, 3.63) is 71.5 Å². The van der Waals surface area contributed by atoms with E-state index in [4.69, 9.17) is 4.42 Å². The minimum Gasteiger partial charge on any atom is -0.451 e. The highest BCUT2D eigenvalue weighted by atomic mass is 32.2. The van der Waals surface area contributed by atoms with Gasteiger partial charge < -0.3 is 9.73 Å². The molecule has 1 heterocycles. The fraction of sp³-hybridized carbons (Fsp3) is 0.190. The molecule has 1 N–H and O–H groups in total. The molecule has 0 spiro atoms. The van der Waals surface area contributed by atoms with Crippen LogP contribution in [0.15, 0.2) is 63.9 Å². The Morgan fingerprint density at radius 2 is 1.74 bits per heavy atom. The van der Waals surface area contributed by atoms with Crippen LogP contribution in [0.4, 0.5) is 18.9 Å². The number of alkyl halides is 3. The lowest BCUT2D eigenvalue weighted by Crippen LogP contribution is -2.23. The SMILES string of the molecule is Cc1ccc(NC(=O)c2ccc(-c3cccc(C(F)(F)F)c3)o2)cc1S(=O)(=O)N(C)C. The number of carbonyl (C=O) groups is 1. The number of amides is 1. The van der Waals surface area contributed by atoms with E-state index < -0.39 is 27.7 Å². The molecule has 3 rings (SSSR count). The van der Waals surface area contributed by atoms with E-state index in [9.17, 15) is 26.4 Å². The van der Waals surface area contributed by atoms with Crippen LogP contribution in [0, 0.1) is 6.92 Å². The van der Waals surface area contributed by atoms with Crippen molar-refractivity contribution >= 4 is 21.6 Å². The van der Waals surface area contributed by atoms with Crippen molar-refractivity contribution in [2.24, 2.45) is 0 Å². The van der Waals surface area contributed by atoms with E-state index in [0.29, 0.717) is 5.56 Å². The molecule has 0 saturated carbocycles. The van der Waals surface area contributed by atoms with Gasteiger partial charge in [0.25, 0.3) is 5.91 Å². The first-order chi connectivity index (χ1) is 14.4. The summed E-state index contributed by atoms with van der Waals surface area (Å²) in [4.78, 5) is 12.6. The highest BCUT2D eigenvalue weighted by molar-refractivity contribution is 7.89.